The second kappa shape index (κ2) is 7.98. The van der Waals surface area contributed by atoms with E-state index in [1.807, 2.05) is 15.7 Å². The van der Waals surface area contributed by atoms with Crippen molar-refractivity contribution in [1.29, 1.82) is 0 Å². The van der Waals surface area contributed by atoms with Crippen LogP contribution >= 0.6 is 32.8 Å². The number of carbonyl (C=O) groups excluding carboxylic acids is 2. The smallest absolute Gasteiger partial charge is 0.412 e. The van der Waals surface area contributed by atoms with Crippen LogP contribution in [-0.2, 0) is 14.1 Å². The molecule has 0 aliphatic rings. The molecule has 0 rings (SSSR count). The van der Waals surface area contributed by atoms with Gasteiger partial charge in [-0.2, -0.15) is 0 Å². The number of hydrogen-bond acceptors (Lipinski definition) is 5. The standard InChI is InChI=1S/C8H15ClNO4PS/c1-5(7(11)14-15)10(4-16-3)8(12)13-6(2)9/h5-6H,4,15H2,1-3H3/t5-,6?/m1/s1. The SMILES string of the molecule is CSCN(C(=O)OC(C)Cl)[C@H](C)C(=O)OP. The summed E-state index contributed by atoms with van der Waals surface area (Å²) in [6.07, 6.45) is 1.17. The van der Waals surface area contributed by atoms with Gasteiger partial charge >= 0.3 is 12.1 Å². The number of amides is 1. The Balaban J connectivity index is 4.58. The Hall–Kier alpha value is -0.190. The van der Waals surface area contributed by atoms with Gasteiger partial charge in [0.15, 0.2) is 5.56 Å². The van der Waals surface area contributed by atoms with E-state index in [-0.39, 0.29) is 0 Å². The summed E-state index contributed by atoms with van der Waals surface area (Å²) < 4.78 is 9.29. The lowest BCUT2D eigenvalue weighted by molar-refractivity contribution is -0.137. The third-order valence-corrected chi connectivity index (χ3v) is 2.55. The van der Waals surface area contributed by atoms with Crippen molar-refractivity contribution in [2.45, 2.75) is 25.5 Å². The highest BCUT2D eigenvalue weighted by atomic mass is 35.5. The van der Waals surface area contributed by atoms with Gasteiger partial charge in [-0.05, 0) is 20.1 Å². The molecule has 0 saturated heterocycles. The monoisotopic (exact) mass is 287 g/mol. The van der Waals surface area contributed by atoms with E-state index in [1.165, 1.54) is 23.6 Å². The Labute approximate surface area is 106 Å². The van der Waals surface area contributed by atoms with Crippen molar-refractivity contribution in [1.82, 2.24) is 4.90 Å². The predicted octanol–water partition coefficient (Wildman–Crippen LogP) is 2.05. The fourth-order valence-electron chi connectivity index (χ4n) is 0.894. The molecule has 0 aromatic rings. The van der Waals surface area contributed by atoms with E-state index in [4.69, 9.17) is 16.3 Å². The lowest BCUT2D eigenvalue weighted by Crippen LogP contribution is -2.43. The quantitative estimate of drug-likeness (QED) is 0.440. The molecule has 0 spiro atoms. The van der Waals surface area contributed by atoms with Crippen LogP contribution in [0.25, 0.3) is 0 Å². The highest BCUT2D eigenvalue weighted by molar-refractivity contribution is 7.98. The van der Waals surface area contributed by atoms with Gasteiger partial charge < -0.3 is 9.26 Å². The minimum Gasteiger partial charge on any atom is -0.450 e. The number of halogens is 1. The highest BCUT2D eigenvalue weighted by Crippen LogP contribution is 2.12. The van der Waals surface area contributed by atoms with Gasteiger partial charge in [0.2, 0.25) is 0 Å². The molecule has 0 N–H and O–H groups in total. The largest absolute Gasteiger partial charge is 0.450 e. The minimum absolute atomic E-state index is 0.323. The van der Waals surface area contributed by atoms with Crippen molar-refractivity contribution in [3.63, 3.8) is 0 Å². The van der Waals surface area contributed by atoms with E-state index >= 15 is 0 Å². The van der Waals surface area contributed by atoms with Crippen LogP contribution in [0.2, 0.25) is 0 Å². The molecular formula is C8H15ClNO4PS. The molecule has 0 saturated carbocycles. The van der Waals surface area contributed by atoms with Gasteiger partial charge in [-0.25, -0.2) is 9.59 Å². The van der Waals surface area contributed by atoms with Crippen LogP contribution in [-0.4, -0.2) is 40.7 Å². The zero-order valence-corrected chi connectivity index (χ0v) is 12.0. The maximum absolute atomic E-state index is 11.6. The van der Waals surface area contributed by atoms with Gasteiger partial charge in [0.1, 0.15) is 6.04 Å². The first-order valence-corrected chi connectivity index (χ1v) is 6.75. The minimum atomic E-state index is -0.740. The summed E-state index contributed by atoms with van der Waals surface area (Å²) in [6.45, 7) is 3.08. The molecule has 0 radical (unpaired) electrons. The number of carbonyl (C=O) groups is 2. The lowest BCUT2D eigenvalue weighted by atomic mass is 10.3. The summed E-state index contributed by atoms with van der Waals surface area (Å²) in [5.74, 6) is -0.207. The maximum Gasteiger partial charge on any atom is 0.412 e. The summed E-state index contributed by atoms with van der Waals surface area (Å²) in [5.41, 5.74) is -0.740. The number of nitrogens with zero attached hydrogens (tertiary/aromatic N) is 1. The molecule has 0 aromatic heterocycles. The van der Waals surface area contributed by atoms with Gasteiger partial charge in [0.05, 0.1) is 15.3 Å². The lowest BCUT2D eigenvalue weighted by Gasteiger charge is -2.26. The summed E-state index contributed by atoms with van der Waals surface area (Å²) >= 11 is 6.93. The zero-order chi connectivity index (χ0) is 12.7. The normalized spacial score (nSPS) is 13.8. The molecule has 0 heterocycles. The zero-order valence-electron chi connectivity index (χ0n) is 9.31. The third-order valence-electron chi connectivity index (χ3n) is 1.69. The van der Waals surface area contributed by atoms with E-state index in [9.17, 15) is 9.59 Å². The second-order valence-corrected chi connectivity index (χ2v) is 4.61. The van der Waals surface area contributed by atoms with E-state index < -0.39 is 23.7 Å². The Bertz CT molecular complexity index is 254. The Morgan fingerprint density at radius 2 is 2.06 bits per heavy atom. The first-order valence-electron chi connectivity index (χ1n) is 4.44. The molecule has 16 heavy (non-hydrogen) atoms. The molecular weight excluding hydrogens is 273 g/mol. The number of alkyl halides is 1. The molecule has 0 aliphatic carbocycles. The summed E-state index contributed by atoms with van der Waals surface area (Å²) in [4.78, 5) is 24.1. The van der Waals surface area contributed by atoms with Gasteiger partial charge in [-0.15, -0.1) is 11.8 Å². The number of rotatable bonds is 5. The highest BCUT2D eigenvalue weighted by Gasteiger charge is 2.28. The number of ether oxygens (including phenoxy) is 1. The van der Waals surface area contributed by atoms with Crippen molar-refractivity contribution < 1.29 is 18.8 Å². The Morgan fingerprint density at radius 1 is 1.50 bits per heavy atom. The molecule has 0 bridgehead atoms. The van der Waals surface area contributed by atoms with Crippen molar-refractivity contribution in [3.8, 4) is 0 Å². The Morgan fingerprint density at radius 3 is 2.44 bits per heavy atom. The predicted molar refractivity (Wildman–Crippen MR) is 67.3 cm³/mol. The molecule has 94 valence electrons. The van der Waals surface area contributed by atoms with Crippen molar-refractivity contribution in [2.24, 2.45) is 0 Å². The van der Waals surface area contributed by atoms with Crippen LogP contribution in [0.15, 0.2) is 0 Å². The molecule has 8 heteroatoms. The van der Waals surface area contributed by atoms with Crippen LogP contribution in [0.3, 0.4) is 0 Å². The first kappa shape index (κ1) is 15.8. The van der Waals surface area contributed by atoms with Gasteiger partial charge in [0.25, 0.3) is 0 Å². The Kier molecular flexibility index (Phi) is 7.89. The maximum atomic E-state index is 11.6. The van der Waals surface area contributed by atoms with Gasteiger partial charge in [-0.1, -0.05) is 11.6 Å². The van der Waals surface area contributed by atoms with Crippen LogP contribution in [0.5, 0.6) is 0 Å². The van der Waals surface area contributed by atoms with Crippen LogP contribution in [0.1, 0.15) is 13.8 Å². The average molecular weight is 288 g/mol. The molecule has 3 atom stereocenters. The van der Waals surface area contributed by atoms with Crippen LogP contribution in [0.4, 0.5) is 4.79 Å². The summed E-state index contributed by atoms with van der Waals surface area (Å²) in [6, 6.07) is -0.715. The molecule has 0 fully saturated rings. The topological polar surface area (TPSA) is 55.8 Å². The van der Waals surface area contributed by atoms with E-state index in [0.717, 1.165) is 0 Å². The van der Waals surface area contributed by atoms with Gasteiger partial charge in [-0.3, -0.25) is 4.90 Å². The van der Waals surface area contributed by atoms with Crippen molar-refractivity contribution in [2.75, 3.05) is 12.1 Å². The van der Waals surface area contributed by atoms with E-state index in [1.54, 1.807) is 6.92 Å². The first-order chi connectivity index (χ1) is 7.43. The fourth-order valence-corrected chi connectivity index (χ4v) is 1.77. The molecule has 1 amide bonds. The average Bonchev–Trinajstić information content (AvgIpc) is 2.22. The van der Waals surface area contributed by atoms with Crippen molar-refractivity contribution in [3.05, 3.63) is 0 Å². The molecule has 0 aliphatic heterocycles. The van der Waals surface area contributed by atoms with Crippen molar-refractivity contribution >= 4 is 44.9 Å². The molecule has 5 nitrogen and oxygen atoms in total. The molecule has 2 unspecified atom stereocenters. The third kappa shape index (κ3) is 5.23. The summed E-state index contributed by atoms with van der Waals surface area (Å²) in [7, 11) is 1.85. The van der Waals surface area contributed by atoms with Crippen LogP contribution < -0.4 is 0 Å². The van der Waals surface area contributed by atoms with Crippen LogP contribution in [0, 0.1) is 0 Å². The summed E-state index contributed by atoms with van der Waals surface area (Å²) in [5, 5.41) is 0. The molecule has 0 aromatic carbocycles. The van der Waals surface area contributed by atoms with Gasteiger partial charge in [0, 0.05) is 0 Å². The number of thioether (sulfide) groups is 1. The second-order valence-electron chi connectivity index (χ2n) is 2.93. The number of hydrogen-bond donors (Lipinski definition) is 0. The van der Waals surface area contributed by atoms with E-state index in [0.29, 0.717) is 5.88 Å². The van der Waals surface area contributed by atoms with E-state index in [2.05, 4.69) is 4.52 Å². The fraction of sp³-hybridized carbons (Fsp3) is 0.750.